The summed E-state index contributed by atoms with van der Waals surface area (Å²) in [6.45, 7) is 9.44. The number of nitrogens with zero attached hydrogens (tertiary/aromatic N) is 2. The lowest BCUT2D eigenvalue weighted by Gasteiger charge is -2.29. The molecule has 1 fully saturated rings. The van der Waals surface area contributed by atoms with Gasteiger partial charge in [-0.3, -0.25) is 9.59 Å². The van der Waals surface area contributed by atoms with Gasteiger partial charge in [-0.15, -0.1) is 0 Å². The maximum Gasteiger partial charge on any atom is 0.249 e. The summed E-state index contributed by atoms with van der Waals surface area (Å²) in [7, 11) is 0. The lowest BCUT2D eigenvalue weighted by atomic mass is 10.2. The Morgan fingerprint density at radius 1 is 1.19 bits per heavy atom. The molecule has 0 bridgehead atoms. The first kappa shape index (κ1) is 20.0. The highest BCUT2D eigenvalue weighted by Gasteiger charge is 2.17. The van der Waals surface area contributed by atoms with E-state index >= 15 is 0 Å². The summed E-state index contributed by atoms with van der Waals surface area (Å²) in [5, 5.41) is 2.87. The molecule has 1 heterocycles. The SMILES string of the molecule is CC/C=C(/C)C(=O)N(CC)CC(=O)Nc1ccc(N2CCOCC2)cc1. The largest absolute Gasteiger partial charge is 0.378 e. The van der Waals surface area contributed by atoms with Crippen molar-refractivity contribution in [1.82, 2.24) is 4.90 Å². The number of likely N-dealkylation sites (N-methyl/N-ethyl adjacent to an activating group) is 1. The highest BCUT2D eigenvalue weighted by atomic mass is 16.5. The topological polar surface area (TPSA) is 61.9 Å². The second-order valence-electron chi connectivity index (χ2n) is 6.31. The van der Waals surface area contributed by atoms with Crippen molar-refractivity contribution in [3.8, 4) is 0 Å². The number of allylic oxidation sites excluding steroid dienone is 1. The van der Waals surface area contributed by atoms with Crippen molar-refractivity contribution in [3.63, 3.8) is 0 Å². The Hall–Kier alpha value is -2.34. The molecule has 6 nitrogen and oxygen atoms in total. The Morgan fingerprint density at radius 2 is 1.85 bits per heavy atom. The number of anilines is 2. The van der Waals surface area contributed by atoms with Crippen molar-refractivity contribution < 1.29 is 14.3 Å². The van der Waals surface area contributed by atoms with Gasteiger partial charge in [0.2, 0.25) is 11.8 Å². The van der Waals surface area contributed by atoms with Crippen LogP contribution in [0.25, 0.3) is 0 Å². The van der Waals surface area contributed by atoms with Gasteiger partial charge < -0.3 is 19.9 Å². The fraction of sp³-hybridized carbons (Fsp3) is 0.500. The smallest absolute Gasteiger partial charge is 0.249 e. The molecule has 0 radical (unpaired) electrons. The number of benzene rings is 1. The Bertz CT molecular complexity index is 634. The van der Waals surface area contributed by atoms with Gasteiger partial charge in [-0.2, -0.15) is 0 Å². The molecule has 0 atom stereocenters. The van der Waals surface area contributed by atoms with Gasteiger partial charge in [0.25, 0.3) is 0 Å². The highest BCUT2D eigenvalue weighted by molar-refractivity contribution is 5.98. The zero-order valence-corrected chi connectivity index (χ0v) is 16.0. The number of carbonyl (C=O) groups excluding carboxylic acids is 2. The van der Waals surface area contributed by atoms with Crippen molar-refractivity contribution in [3.05, 3.63) is 35.9 Å². The monoisotopic (exact) mass is 359 g/mol. The van der Waals surface area contributed by atoms with Gasteiger partial charge in [-0.25, -0.2) is 0 Å². The molecular formula is C20H29N3O3. The van der Waals surface area contributed by atoms with E-state index in [-0.39, 0.29) is 18.4 Å². The number of hydrogen-bond acceptors (Lipinski definition) is 4. The number of ether oxygens (including phenoxy) is 1. The van der Waals surface area contributed by atoms with E-state index in [0.717, 1.165) is 44.1 Å². The summed E-state index contributed by atoms with van der Waals surface area (Å²) >= 11 is 0. The van der Waals surface area contributed by atoms with Crippen LogP contribution in [0.5, 0.6) is 0 Å². The number of morpholine rings is 1. The molecule has 26 heavy (non-hydrogen) atoms. The fourth-order valence-corrected chi connectivity index (χ4v) is 2.92. The first-order valence-electron chi connectivity index (χ1n) is 9.23. The minimum Gasteiger partial charge on any atom is -0.378 e. The van der Waals surface area contributed by atoms with E-state index in [9.17, 15) is 9.59 Å². The first-order chi connectivity index (χ1) is 12.5. The quantitative estimate of drug-likeness (QED) is 0.761. The van der Waals surface area contributed by atoms with Crippen molar-refractivity contribution in [1.29, 1.82) is 0 Å². The molecule has 0 aliphatic carbocycles. The molecule has 142 valence electrons. The summed E-state index contributed by atoms with van der Waals surface area (Å²) in [6.07, 6.45) is 2.68. The van der Waals surface area contributed by atoms with Crippen LogP contribution in [-0.4, -0.2) is 56.1 Å². The fourth-order valence-electron chi connectivity index (χ4n) is 2.92. The maximum absolute atomic E-state index is 12.3. The third-order valence-corrected chi connectivity index (χ3v) is 4.38. The standard InChI is InChI=1S/C20H29N3O3/c1-4-6-16(3)20(25)22(5-2)15-19(24)21-17-7-9-18(10-8-17)23-11-13-26-14-12-23/h6-10H,4-5,11-15H2,1-3H3,(H,21,24)/b16-6-. The molecule has 1 saturated heterocycles. The van der Waals surface area contributed by atoms with Crippen molar-refractivity contribution >= 4 is 23.2 Å². The van der Waals surface area contributed by atoms with E-state index < -0.39 is 0 Å². The molecule has 0 saturated carbocycles. The lowest BCUT2D eigenvalue weighted by molar-refractivity contribution is -0.131. The predicted octanol–water partition coefficient (Wildman–Crippen LogP) is 2.67. The van der Waals surface area contributed by atoms with Crippen LogP contribution in [0.1, 0.15) is 27.2 Å². The molecule has 0 aromatic heterocycles. The summed E-state index contributed by atoms with van der Waals surface area (Å²) in [6, 6.07) is 7.78. The van der Waals surface area contributed by atoms with Crippen LogP contribution in [0.4, 0.5) is 11.4 Å². The lowest BCUT2D eigenvalue weighted by Crippen LogP contribution is -2.38. The van der Waals surface area contributed by atoms with Crippen molar-refractivity contribution in [2.45, 2.75) is 27.2 Å². The van der Waals surface area contributed by atoms with Crippen LogP contribution in [0.3, 0.4) is 0 Å². The summed E-state index contributed by atoms with van der Waals surface area (Å²) in [5.41, 5.74) is 2.53. The Kier molecular flexibility index (Phi) is 7.66. The summed E-state index contributed by atoms with van der Waals surface area (Å²) < 4.78 is 5.36. The van der Waals surface area contributed by atoms with Crippen LogP contribution in [0.2, 0.25) is 0 Å². The maximum atomic E-state index is 12.3. The van der Waals surface area contributed by atoms with Crippen molar-refractivity contribution in [2.24, 2.45) is 0 Å². The molecular weight excluding hydrogens is 330 g/mol. The summed E-state index contributed by atoms with van der Waals surface area (Å²) in [4.78, 5) is 28.4. The average Bonchev–Trinajstić information content (AvgIpc) is 2.67. The van der Waals surface area contributed by atoms with E-state index in [1.807, 2.05) is 44.2 Å². The first-order valence-corrected chi connectivity index (χ1v) is 9.23. The second kappa shape index (κ2) is 9.97. The van der Waals surface area contributed by atoms with Crippen molar-refractivity contribution in [2.75, 3.05) is 49.6 Å². The van der Waals surface area contributed by atoms with Gasteiger partial charge in [0.05, 0.1) is 13.2 Å². The Labute approximate surface area is 155 Å². The minimum absolute atomic E-state index is 0.0510. The number of rotatable bonds is 7. The normalized spacial score (nSPS) is 14.9. The van der Waals surface area contributed by atoms with Crippen LogP contribution in [0, 0.1) is 0 Å². The van der Waals surface area contributed by atoms with Gasteiger partial charge in [0, 0.05) is 36.6 Å². The zero-order valence-electron chi connectivity index (χ0n) is 16.0. The van der Waals surface area contributed by atoms with Crippen LogP contribution in [-0.2, 0) is 14.3 Å². The number of amides is 2. The van der Waals surface area contributed by atoms with E-state index in [2.05, 4.69) is 10.2 Å². The molecule has 1 aromatic carbocycles. The van der Waals surface area contributed by atoms with Crippen LogP contribution >= 0.6 is 0 Å². The van der Waals surface area contributed by atoms with Crippen LogP contribution in [0.15, 0.2) is 35.9 Å². The van der Waals surface area contributed by atoms with E-state index in [0.29, 0.717) is 12.1 Å². The van der Waals surface area contributed by atoms with Gasteiger partial charge in [0.1, 0.15) is 6.54 Å². The van der Waals surface area contributed by atoms with E-state index in [1.54, 1.807) is 11.8 Å². The predicted molar refractivity (Wildman–Crippen MR) is 104 cm³/mol. The Morgan fingerprint density at radius 3 is 2.42 bits per heavy atom. The number of nitrogens with one attached hydrogen (secondary N) is 1. The molecule has 1 aromatic rings. The average molecular weight is 359 g/mol. The molecule has 2 rings (SSSR count). The Balaban J connectivity index is 1.91. The van der Waals surface area contributed by atoms with E-state index in [4.69, 9.17) is 4.74 Å². The summed E-state index contributed by atoms with van der Waals surface area (Å²) in [5.74, 6) is -0.282. The molecule has 1 aliphatic heterocycles. The number of hydrogen-bond donors (Lipinski definition) is 1. The molecule has 2 amide bonds. The molecule has 6 heteroatoms. The highest BCUT2D eigenvalue weighted by Crippen LogP contribution is 2.19. The number of carbonyl (C=O) groups is 2. The molecule has 1 aliphatic rings. The van der Waals surface area contributed by atoms with Gasteiger partial charge in [0.15, 0.2) is 0 Å². The van der Waals surface area contributed by atoms with Gasteiger partial charge in [-0.05, 0) is 44.5 Å². The van der Waals surface area contributed by atoms with Gasteiger partial charge in [-0.1, -0.05) is 13.0 Å². The molecule has 0 unspecified atom stereocenters. The minimum atomic E-state index is -0.191. The van der Waals surface area contributed by atoms with Gasteiger partial charge >= 0.3 is 0 Å². The zero-order chi connectivity index (χ0) is 18.9. The third kappa shape index (κ3) is 5.59. The van der Waals surface area contributed by atoms with Crippen LogP contribution < -0.4 is 10.2 Å². The van der Waals surface area contributed by atoms with E-state index in [1.165, 1.54) is 0 Å². The molecule has 0 spiro atoms. The second-order valence-corrected chi connectivity index (χ2v) is 6.31. The third-order valence-electron chi connectivity index (χ3n) is 4.38. The molecule has 1 N–H and O–H groups in total.